The molecule has 1 amide bonds. The van der Waals surface area contributed by atoms with Gasteiger partial charge in [-0.25, -0.2) is 0 Å². The van der Waals surface area contributed by atoms with Gasteiger partial charge in [0.15, 0.2) is 5.60 Å². The van der Waals surface area contributed by atoms with Crippen LogP contribution in [0, 0.1) is 36.5 Å². The Kier molecular flexibility index (Phi) is 13.9. The number of aliphatic hydroxyl groups excluding tert-OH is 1. The van der Waals surface area contributed by atoms with Crippen molar-refractivity contribution in [3.05, 3.63) is 70.1 Å². The molecule has 12 heteroatoms. The third kappa shape index (κ3) is 9.28. The Morgan fingerprint density at radius 2 is 1.68 bits per heavy atom. The third-order valence-corrected chi connectivity index (χ3v) is 12.4. The van der Waals surface area contributed by atoms with Crippen molar-refractivity contribution >= 4 is 29.2 Å². The Hall–Kier alpha value is -4.55. The number of nitrogens with zero attached hydrogens (tertiary/aromatic N) is 2. The second-order valence-electron chi connectivity index (χ2n) is 18.4. The summed E-state index contributed by atoms with van der Waals surface area (Å²) in [7, 11) is 0. The molecule has 0 saturated carbocycles. The number of benzene rings is 1. The minimum absolute atomic E-state index is 0.0294. The van der Waals surface area contributed by atoms with Crippen molar-refractivity contribution in [1.82, 2.24) is 15.5 Å². The van der Waals surface area contributed by atoms with Gasteiger partial charge >= 0.3 is 5.97 Å². The summed E-state index contributed by atoms with van der Waals surface area (Å²) in [6, 6.07) is 0. The number of aliphatic hydroxyl groups is 1. The summed E-state index contributed by atoms with van der Waals surface area (Å²) in [6.07, 6.45) is 8.46. The Balaban J connectivity index is 1.47. The van der Waals surface area contributed by atoms with E-state index in [9.17, 15) is 29.4 Å². The van der Waals surface area contributed by atoms with Gasteiger partial charge in [0.25, 0.3) is 5.91 Å². The van der Waals surface area contributed by atoms with Gasteiger partial charge in [0.1, 0.15) is 29.0 Å². The van der Waals surface area contributed by atoms with Gasteiger partial charge in [-0.2, -0.15) is 0 Å². The topological polar surface area (TPSA) is 167 Å². The molecule has 1 aromatic rings. The largest absolute Gasteiger partial charge is 0.507 e. The number of nitrogens with one attached hydrogen (secondary N) is 2. The molecule has 1 saturated heterocycles. The fraction of sp³-hybridized carbons (Fsp3) is 0.596. The fourth-order valence-electron chi connectivity index (χ4n) is 9.23. The van der Waals surface area contributed by atoms with E-state index in [0.29, 0.717) is 48.1 Å². The number of ether oxygens (including phenoxy) is 2. The van der Waals surface area contributed by atoms with Crippen molar-refractivity contribution in [3.63, 3.8) is 0 Å². The van der Waals surface area contributed by atoms with E-state index in [2.05, 4.69) is 49.8 Å². The van der Waals surface area contributed by atoms with Crippen LogP contribution in [-0.4, -0.2) is 87.4 Å². The molecule has 1 aromatic carbocycles. The number of carbonyl (C=O) groups is 4. The van der Waals surface area contributed by atoms with Crippen LogP contribution in [0.5, 0.6) is 11.5 Å². The number of phenolic OH excluding ortho intramolecular Hbond substituents is 1. The van der Waals surface area contributed by atoms with E-state index in [-0.39, 0.29) is 69.4 Å². The maximum atomic E-state index is 14.7. The summed E-state index contributed by atoms with van der Waals surface area (Å²) >= 11 is 0. The number of piperidine rings is 1. The van der Waals surface area contributed by atoms with Gasteiger partial charge in [0, 0.05) is 68.4 Å². The van der Waals surface area contributed by atoms with Crippen LogP contribution in [0.1, 0.15) is 133 Å². The van der Waals surface area contributed by atoms with E-state index >= 15 is 0 Å². The SMILES string of the molecule is C=C/C=C(/C)C(=O)NC1=C2NC3(CCN(CC(C)C)CC3)N=C2c2c(c(O)c(C)c3c2C(=O)[C@@](C)(C/C=C/C[C@@H](C)[C@@H](OC(C)=O)[C@H](C)[C@H](O)[C@H](C)CC(C)C)O3)C1=O. The standard InChI is InChI=1S/C47H66N4O8/c1-13-16-28(7)45(57)48-38-37-36(49-47(50-37)19-21-51(22-20-47)24-26(4)5)33-34(41(38)55)40(54)31(10)43-35(33)44(56)46(12,59-43)18-15-14-17-27(6)42(58-32(11)52)30(9)39(53)29(8)23-25(2)3/h13-16,25-27,29-30,39,42,50,53-54H,1,17-24H2,2-12H3,(H,48,57)/b15-14+,28-16-/t27-,29-,30-,39-,42-,46-/m1/s1. The molecule has 3 aliphatic heterocycles. The Morgan fingerprint density at radius 1 is 1.02 bits per heavy atom. The van der Waals surface area contributed by atoms with Crippen LogP contribution >= 0.6 is 0 Å². The Morgan fingerprint density at radius 3 is 2.27 bits per heavy atom. The van der Waals surface area contributed by atoms with E-state index in [0.717, 1.165) is 26.1 Å². The number of phenols is 1. The van der Waals surface area contributed by atoms with Crippen LogP contribution < -0.4 is 15.4 Å². The zero-order valence-electron chi connectivity index (χ0n) is 37.0. The van der Waals surface area contributed by atoms with Crippen molar-refractivity contribution < 1.29 is 38.9 Å². The van der Waals surface area contributed by atoms with Gasteiger partial charge in [-0.3, -0.25) is 24.2 Å². The number of aliphatic imine (C=N–C) groups is 1. The lowest BCUT2D eigenvalue weighted by molar-refractivity contribution is -0.156. The molecule has 0 radical (unpaired) electrons. The minimum atomic E-state index is -1.38. The number of likely N-dealkylation sites (tertiary alicyclic amines) is 1. The van der Waals surface area contributed by atoms with Crippen molar-refractivity contribution in [2.45, 2.75) is 132 Å². The van der Waals surface area contributed by atoms with E-state index in [1.807, 2.05) is 32.9 Å². The summed E-state index contributed by atoms with van der Waals surface area (Å²) in [5.41, 5.74) is -0.669. The first-order chi connectivity index (χ1) is 27.6. The van der Waals surface area contributed by atoms with Gasteiger partial charge in [-0.15, -0.1) is 0 Å². The molecule has 12 nitrogen and oxygen atoms in total. The molecule has 59 heavy (non-hydrogen) atoms. The number of rotatable bonds is 16. The highest BCUT2D eigenvalue weighted by molar-refractivity contribution is 6.34. The number of carbonyl (C=O) groups excluding carboxylic acids is 4. The number of fused-ring (bicyclic) bond motifs is 5. The van der Waals surface area contributed by atoms with Crippen molar-refractivity contribution in [1.29, 1.82) is 0 Å². The monoisotopic (exact) mass is 814 g/mol. The molecule has 1 spiro atoms. The summed E-state index contributed by atoms with van der Waals surface area (Å²) in [5, 5.41) is 29.3. The molecule has 3 heterocycles. The average Bonchev–Trinajstić information content (AvgIpc) is 3.66. The highest BCUT2D eigenvalue weighted by Gasteiger charge is 2.53. The summed E-state index contributed by atoms with van der Waals surface area (Å²) in [4.78, 5) is 62.4. The normalized spacial score (nSPS) is 22.7. The van der Waals surface area contributed by atoms with Crippen LogP contribution in [0.2, 0.25) is 0 Å². The smallest absolute Gasteiger partial charge is 0.302 e. The Bertz CT molecular complexity index is 1980. The zero-order valence-corrected chi connectivity index (χ0v) is 37.0. The second-order valence-corrected chi connectivity index (χ2v) is 18.4. The molecular formula is C47H66N4O8. The van der Waals surface area contributed by atoms with Crippen molar-refractivity contribution in [3.8, 4) is 11.5 Å². The van der Waals surface area contributed by atoms with E-state index in [1.54, 1.807) is 26.8 Å². The molecule has 322 valence electrons. The predicted octanol–water partition coefficient (Wildman–Crippen LogP) is 7.11. The molecule has 4 N–H and O–H groups in total. The van der Waals surface area contributed by atoms with E-state index in [4.69, 9.17) is 14.5 Å². The average molecular weight is 815 g/mol. The number of allylic oxidation sites excluding steroid dienone is 5. The Labute approximate surface area is 350 Å². The molecule has 1 aliphatic carbocycles. The van der Waals surface area contributed by atoms with Crippen LogP contribution in [0.3, 0.4) is 0 Å². The highest BCUT2D eigenvalue weighted by Crippen LogP contribution is 2.50. The third-order valence-electron chi connectivity index (χ3n) is 12.4. The van der Waals surface area contributed by atoms with Crippen LogP contribution in [0.15, 0.2) is 52.8 Å². The van der Waals surface area contributed by atoms with Crippen LogP contribution in [0.25, 0.3) is 0 Å². The number of ketones is 2. The van der Waals surface area contributed by atoms with Crippen molar-refractivity contribution in [2.24, 2.45) is 34.6 Å². The summed E-state index contributed by atoms with van der Waals surface area (Å²) < 4.78 is 12.3. The van der Waals surface area contributed by atoms with Gasteiger partial charge < -0.3 is 35.2 Å². The molecule has 1 fully saturated rings. The van der Waals surface area contributed by atoms with Gasteiger partial charge in [-0.05, 0) is 57.3 Å². The molecule has 4 aliphatic rings. The maximum Gasteiger partial charge on any atom is 0.302 e. The molecular weight excluding hydrogens is 749 g/mol. The number of aromatic hydroxyl groups is 1. The predicted molar refractivity (Wildman–Crippen MR) is 229 cm³/mol. The van der Waals surface area contributed by atoms with Gasteiger partial charge in [0.05, 0.1) is 28.6 Å². The van der Waals surface area contributed by atoms with Crippen LogP contribution in [-0.2, 0) is 14.3 Å². The molecule has 0 unspecified atom stereocenters. The molecule has 0 aromatic heterocycles. The zero-order chi connectivity index (χ0) is 43.7. The number of hydrogen-bond acceptors (Lipinski definition) is 11. The lowest BCUT2D eigenvalue weighted by Crippen LogP contribution is -2.50. The quantitative estimate of drug-likeness (QED) is 0.0585. The van der Waals surface area contributed by atoms with E-state index in [1.165, 1.54) is 13.0 Å². The first-order valence-corrected chi connectivity index (χ1v) is 21.3. The van der Waals surface area contributed by atoms with Crippen LogP contribution in [0.4, 0.5) is 0 Å². The minimum Gasteiger partial charge on any atom is -0.507 e. The molecule has 5 rings (SSSR count). The first-order valence-electron chi connectivity index (χ1n) is 21.3. The first kappa shape index (κ1) is 45.5. The fourth-order valence-corrected chi connectivity index (χ4v) is 9.23. The molecule has 0 bridgehead atoms. The summed E-state index contributed by atoms with van der Waals surface area (Å²) in [5.74, 6) is -1.52. The van der Waals surface area contributed by atoms with Crippen molar-refractivity contribution in [2.75, 3.05) is 19.6 Å². The number of amides is 1. The lowest BCUT2D eigenvalue weighted by atomic mass is 9.80. The number of hydrogen-bond donors (Lipinski definition) is 4. The van der Waals surface area contributed by atoms with Gasteiger partial charge in [0.2, 0.25) is 11.6 Å². The second kappa shape index (κ2) is 18.0. The highest BCUT2D eigenvalue weighted by atomic mass is 16.5. The number of esters is 1. The lowest BCUT2D eigenvalue weighted by Gasteiger charge is -2.38. The summed E-state index contributed by atoms with van der Waals surface area (Å²) in [6.45, 7) is 27.0. The maximum absolute atomic E-state index is 14.7. The molecule has 6 atom stereocenters. The van der Waals surface area contributed by atoms with Gasteiger partial charge in [-0.1, -0.05) is 79.3 Å². The van der Waals surface area contributed by atoms with E-state index < -0.39 is 41.1 Å². The number of Topliss-reactive ketones (excluding diaryl/α,β-unsaturated/α-hetero) is 2.